The van der Waals surface area contributed by atoms with Crippen LogP contribution in [0.3, 0.4) is 0 Å². The topological polar surface area (TPSA) is 86.0 Å². The summed E-state index contributed by atoms with van der Waals surface area (Å²) in [5, 5.41) is 18.8. The second-order valence-corrected chi connectivity index (χ2v) is 8.06. The van der Waals surface area contributed by atoms with Gasteiger partial charge in [-0.3, -0.25) is 4.84 Å². The largest absolute Gasteiger partial charge is 0.387 e. The fraction of sp³-hybridized carbons (Fsp3) is 0.417. The normalized spacial score (nSPS) is 17.2. The van der Waals surface area contributed by atoms with Crippen molar-refractivity contribution in [1.82, 2.24) is 20.6 Å². The minimum Gasteiger partial charge on any atom is -0.387 e. The molecular formula is C24H35N5O2. The molecule has 0 aliphatic carbocycles. The Morgan fingerprint density at radius 3 is 2.74 bits per heavy atom. The number of nitrogens with zero attached hydrogens (tertiary/aromatic N) is 2. The SMILES string of the molecule is CN(CC1=CNCC=C1)OCc1ccc(CCNCC(O)C2=CC=C(N)N(C)C2)cc1. The smallest absolute Gasteiger partial charge is 0.0986 e. The van der Waals surface area contributed by atoms with Gasteiger partial charge in [-0.15, -0.1) is 0 Å². The molecule has 1 aromatic carbocycles. The summed E-state index contributed by atoms with van der Waals surface area (Å²) in [5.74, 6) is 0.723. The molecule has 0 spiro atoms. The van der Waals surface area contributed by atoms with Crippen molar-refractivity contribution in [3.8, 4) is 0 Å². The van der Waals surface area contributed by atoms with Gasteiger partial charge in [-0.05, 0) is 41.3 Å². The van der Waals surface area contributed by atoms with Crippen LogP contribution < -0.4 is 16.4 Å². The first-order chi connectivity index (χ1) is 15.0. The van der Waals surface area contributed by atoms with Crippen molar-refractivity contribution in [3.05, 3.63) is 82.9 Å². The Kier molecular flexibility index (Phi) is 8.73. The molecule has 1 aromatic rings. The van der Waals surface area contributed by atoms with Crippen LogP contribution in [0.2, 0.25) is 0 Å². The van der Waals surface area contributed by atoms with Crippen LogP contribution in [0.1, 0.15) is 11.1 Å². The van der Waals surface area contributed by atoms with Gasteiger partial charge in [-0.1, -0.05) is 42.5 Å². The molecule has 0 bridgehead atoms. The Morgan fingerprint density at radius 1 is 1.26 bits per heavy atom. The van der Waals surface area contributed by atoms with E-state index >= 15 is 0 Å². The Morgan fingerprint density at radius 2 is 2.03 bits per heavy atom. The number of nitrogens with one attached hydrogen (secondary N) is 2. The second kappa shape index (κ2) is 11.7. The van der Waals surface area contributed by atoms with E-state index < -0.39 is 6.10 Å². The van der Waals surface area contributed by atoms with Gasteiger partial charge >= 0.3 is 0 Å². The van der Waals surface area contributed by atoms with Crippen molar-refractivity contribution in [3.63, 3.8) is 0 Å². The zero-order chi connectivity index (χ0) is 22.1. The maximum atomic E-state index is 10.4. The molecule has 2 aliphatic rings. The van der Waals surface area contributed by atoms with Gasteiger partial charge in [0.05, 0.1) is 25.1 Å². The van der Waals surface area contributed by atoms with Gasteiger partial charge in [-0.25, -0.2) is 0 Å². The molecule has 0 radical (unpaired) electrons. The highest BCUT2D eigenvalue weighted by molar-refractivity contribution is 5.26. The number of aliphatic hydroxyl groups is 1. The molecule has 168 valence electrons. The Balaban J connectivity index is 1.33. The number of benzene rings is 1. The van der Waals surface area contributed by atoms with Crippen molar-refractivity contribution < 1.29 is 9.94 Å². The number of rotatable bonds is 11. The zero-order valence-corrected chi connectivity index (χ0v) is 18.6. The molecule has 1 unspecified atom stereocenters. The lowest BCUT2D eigenvalue weighted by atomic mass is 10.1. The van der Waals surface area contributed by atoms with Gasteiger partial charge in [0.25, 0.3) is 0 Å². The lowest BCUT2D eigenvalue weighted by Gasteiger charge is -2.27. The highest BCUT2D eigenvalue weighted by atomic mass is 16.7. The van der Waals surface area contributed by atoms with Crippen LogP contribution >= 0.6 is 0 Å². The van der Waals surface area contributed by atoms with Gasteiger partial charge < -0.3 is 26.4 Å². The highest BCUT2D eigenvalue weighted by Gasteiger charge is 2.15. The van der Waals surface area contributed by atoms with E-state index in [9.17, 15) is 5.11 Å². The van der Waals surface area contributed by atoms with E-state index in [1.54, 1.807) is 0 Å². The van der Waals surface area contributed by atoms with Crippen LogP contribution in [0, 0.1) is 0 Å². The highest BCUT2D eigenvalue weighted by Crippen LogP contribution is 2.12. The number of nitrogens with two attached hydrogens (primary N) is 1. The predicted molar refractivity (Wildman–Crippen MR) is 125 cm³/mol. The summed E-state index contributed by atoms with van der Waals surface area (Å²) in [6.45, 7) is 4.19. The third-order valence-electron chi connectivity index (χ3n) is 5.42. The van der Waals surface area contributed by atoms with E-state index in [1.807, 2.05) is 42.4 Å². The van der Waals surface area contributed by atoms with Gasteiger partial charge in [0, 0.05) is 39.9 Å². The first-order valence-corrected chi connectivity index (χ1v) is 10.8. The summed E-state index contributed by atoms with van der Waals surface area (Å²) in [6, 6.07) is 8.50. The Labute approximate surface area is 185 Å². The average molecular weight is 426 g/mol. The lowest BCUT2D eigenvalue weighted by molar-refractivity contribution is -0.143. The molecule has 0 fully saturated rings. The van der Waals surface area contributed by atoms with Crippen molar-refractivity contribution in [1.29, 1.82) is 0 Å². The van der Waals surface area contributed by atoms with Crippen LogP contribution in [0.5, 0.6) is 0 Å². The van der Waals surface area contributed by atoms with Crippen molar-refractivity contribution in [2.24, 2.45) is 5.73 Å². The molecule has 31 heavy (non-hydrogen) atoms. The van der Waals surface area contributed by atoms with Crippen LogP contribution in [0.4, 0.5) is 0 Å². The van der Waals surface area contributed by atoms with Gasteiger partial charge in [-0.2, -0.15) is 5.06 Å². The Hall–Kier alpha value is -2.58. The molecule has 0 saturated heterocycles. The third-order valence-corrected chi connectivity index (χ3v) is 5.42. The molecule has 7 nitrogen and oxygen atoms in total. The number of hydroxylamine groups is 2. The monoisotopic (exact) mass is 425 g/mol. The van der Waals surface area contributed by atoms with E-state index in [2.05, 4.69) is 47.1 Å². The number of aliphatic hydroxyl groups excluding tert-OH is 1. The van der Waals surface area contributed by atoms with Crippen molar-refractivity contribution in [2.45, 2.75) is 19.1 Å². The fourth-order valence-electron chi connectivity index (χ4n) is 3.46. The first-order valence-electron chi connectivity index (χ1n) is 10.8. The molecule has 0 aromatic heterocycles. The van der Waals surface area contributed by atoms with Crippen LogP contribution in [0.15, 0.2) is 71.7 Å². The maximum Gasteiger partial charge on any atom is 0.0986 e. The van der Waals surface area contributed by atoms with Crippen LogP contribution in [-0.4, -0.2) is 68.0 Å². The standard InChI is InChI=1S/C24H35N5O2/c1-28-17-22(9-10-24(28)25)23(30)15-27-13-11-19-5-7-20(8-6-19)18-31-29(2)16-21-4-3-12-26-14-21/h3-10,14,23,26-27,30H,11-13,15-18,25H2,1-2H3. The van der Waals surface area contributed by atoms with E-state index in [-0.39, 0.29) is 0 Å². The summed E-state index contributed by atoms with van der Waals surface area (Å²) in [5.41, 5.74) is 10.4. The van der Waals surface area contributed by atoms with Crippen LogP contribution in [-0.2, 0) is 17.9 Å². The number of hydrogen-bond acceptors (Lipinski definition) is 7. The van der Waals surface area contributed by atoms with E-state index in [0.717, 1.165) is 43.0 Å². The third kappa shape index (κ3) is 7.56. The van der Waals surface area contributed by atoms with E-state index in [4.69, 9.17) is 10.6 Å². The second-order valence-electron chi connectivity index (χ2n) is 8.06. The molecule has 2 aliphatic heterocycles. The predicted octanol–water partition coefficient (Wildman–Crippen LogP) is 1.26. The van der Waals surface area contributed by atoms with Gasteiger partial charge in [0.15, 0.2) is 0 Å². The summed E-state index contributed by atoms with van der Waals surface area (Å²) in [4.78, 5) is 7.77. The molecular weight excluding hydrogens is 390 g/mol. The van der Waals surface area contributed by atoms with Gasteiger partial charge in [0.1, 0.15) is 0 Å². The summed E-state index contributed by atoms with van der Waals surface area (Å²) < 4.78 is 0. The molecule has 0 amide bonds. The van der Waals surface area contributed by atoms with Gasteiger partial charge in [0.2, 0.25) is 0 Å². The van der Waals surface area contributed by atoms with Crippen molar-refractivity contribution >= 4 is 0 Å². The molecule has 1 atom stereocenters. The molecule has 5 N–H and O–H groups in total. The molecule has 3 rings (SSSR count). The minimum absolute atomic E-state index is 0.501. The first kappa shape index (κ1) is 23.1. The molecule has 0 saturated carbocycles. The summed E-state index contributed by atoms with van der Waals surface area (Å²) >= 11 is 0. The number of likely N-dealkylation sites (N-methyl/N-ethyl adjacent to an activating group) is 2. The zero-order valence-electron chi connectivity index (χ0n) is 18.6. The minimum atomic E-state index is -0.501. The van der Waals surface area contributed by atoms with E-state index in [0.29, 0.717) is 19.7 Å². The summed E-state index contributed by atoms with van der Waals surface area (Å²) in [7, 11) is 3.87. The number of dihydropyridines is 1. The van der Waals surface area contributed by atoms with Crippen LogP contribution in [0.25, 0.3) is 0 Å². The Bertz CT molecular complexity index is 829. The van der Waals surface area contributed by atoms with E-state index in [1.165, 1.54) is 11.1 Å². The average Bonchev–Trinajstić information content (AvgIpc) is 2.78. The fourth-order valence-corrected chi connectivity index (χ4v) is 3.46. The quantitative estimate of drug-likeness (QED) is 0.314. The maximum absolute atomic E-state index is 10.4. The summed E-state index contributed by atoms with van der Waals surface area (Å²) in [6.07, 6.45) is 10.4. The number of hydrogen-bond donors (Lipinski definition) is 4. The number of allylic oxidation sites excluding steroid dienone is 2. The molecule has 2 heterocycles. The molecule has 7 heteroatoms. The van der Waals surface area contributed by atoms with Crippen molar-refractivity contribution in [2.75, 3.05) is 46.8 Å². The lowest BCUT2D eigenvalue weighted by Crippen LogP contribution is -2.36.